The van der Waals surface area contributed by atoms with Crippen LogP contribution in [0, 0.1) is 0 Å². The number of carbonyl (C=O) groups is 1. The number of aryl methyl sites for hydroxylation is 1. The largest absolute Gasteiger partial charge is 0.391 e. The maximum absolute atomic E-state index is 11.9. The SMILES string of the molecule is O=C(CCc1cnc[nH]1)N[C@H]1C[C@@H](O)[C@@H]1n1cccn1. The van der Waals surface area contributed by atoms with Gasteiger partial charge in [0.25, 0.3) is 0 Å². The van der Waals surface area contributed by atoms with E-state index >= 15 is 0 Å². The summed E-state index contributed by atoms with van der Waals surface area (Å²) in [6.07, 6.45) is 7.94. The topological polar surface area (TPSA) is 95.8 Å². The highest BCUT2D eigenvalue weighted by atomic mass is 16.3. The van der Waals surface area contributed by atoms with Gasteiger partial charge in [-0.15, -0.1) is 0 Å². The Labute approximate surface area is 116 Å². The maximum Gasteiger partial charge on any atom is 0.220 e. The smallest absolute Gasteiger partial charge is 0.220 e. The van der Waals surface area contributed by atoms with Crippen molar-refractivity contribution in [2.24, 2.45) is 0 Å². The second kappa shape index (κ2) is 5.46. The lowest BCUT2D eigenvalue weighted by molar-refractivity contribution is -0.124. The molecule has 3 rings (SSSR count). The van der Waals surface area contributed by atoms with Crippen LogP contribution in [0.3, 0.4) is 0 Å². The second-order valence-corrected chi connectivity index (χ2v) is 5.03. The van der Waals surface area contributed by atoms with Gasteiger partial charge in [-0.1, -0.05) is 0 Å². The molecule has 2 heterocycles. The summed E-state index contributed by atoms with van der Waals surface area (Å²) >= 11 is 0. The fourth-order valence-corrected chi connectivity index (χ4v) is 2.52. The normalized spacial score (nSPS) is 25.1. The number of nitrogens with one attached hydrogen (secondary N) is 2. The summed E-state index contributed by atoms with van der Waals surface area (Å²) in [4.78, 5) is 18.8. The first kappa shape index (κ1) is 12.9. The minimum Gasteiger partial charge on any atom is -0.391 e. The quantitative estimate of drug-likeness (QED) is 0.717. The first-order chi connectivity index (χ1) is 9.74. The van der Waals surface area contributed by atoms with Crippen molar-refractivity contribution in [2.45, 2.75) is 37.5 Å². The van der Waals surface area contributed by atoms with E-state index in [-0.39, 0.29) is 18.0 Å². The minimum absolute atomic E-state index is 0.0198. The van der Waals surface area contributed by atoms with Crippen LogP contribution in [0.15, 0.2) is 31.0 Å². The summed E-state index contributed by atoms with van der Waals surface area (Å²) in [7, 11) is 0. The molecule has 1 amide bonds. The summed E-state index contributed by atoms with van der Waals surface area (Å²) in [6.45, 7) is 0. The molecule has 1 saturated carbocycles. The van der Waals surface area contributed by atoms with Gasteiger partial charge in [0.1, 0.15) is 0 Å². The molecule has 0 saturated heterocycles. The molecule has 3 atom stereocenters. The molecule has 0 unspecified atom stereocenters. The number of aliphatic hydroxyl groups excluding tert-OH is 1. The van der Waals surface area contributed by atoms with Gasteiger partial charge in [-0.25, -0.2) is 4.98 Å². The van der Waals surface area contributed by atoms with E-state index in [1.165, 1.54) is 0 Å². The van der Waals surface area contributed by atoms with Crippen molar-refractivity contribution in [1.29, 1.82) is 0 Å². The number of imidazole rings is 1. The van der Waals surface area contributed by atoms with Gasteiger partial charge in [0.05, 0.1) is 24.5 Å². The predicted molar refractivity (Wildman–Crippen MR) is 70.7 cm³/mol. The van der Waals surface area contributed by atoms with Crippen LogP contribution in [0.5, 0.6) is 0 Å². The summed E-state index contributed by atoms with van der Waals surface area (Å²) in [5.41, 5.74) is 0.942. The van der Waals surface area contributed by atoms with Crippen molar-refractivity contribution in [1.82, 2.24) is 25.1 Å². The lowest BCUT2D eigenvalue weighted by atomic mass is 9.83. The first-order valence-corrected chi connectivity index (χ1v) is 6.68. The molecule has 1 aliphatic carbocycles. The summed E-state index contributed by atoms with van der Waals surface area (Å²) in [6, 6.07) is 1.59. The van der Waals surface area contributed by atoms with Crippen molar-refractivity contribution in [3.8, 4) is 0 Å². The van der Waals surface area contributed by atoms with Crippen molar-refractivity contribution in [3.63, 3.8) is 0 Å². The molecule has 0 radical (unpaired) electrons. The Hall–Kier alpha value is -2.15. The van der Waals surface area contributed by atoms with Crippen molar-refractivity contribution >= 4 is 5.91 Å². The zero-order valence-electron chi connectivity index (χ0n) is 10.9. The molecule has 0 spiro atoms. The Morgan fingerprint density at radius 1 is 1.60 bits per heavy atom. The van der Waals surface area contributed by atoms with Crippen LogP contribution in [0.1, 0.15) is 24.6 Å². The van der Waals surface area contributed by atoms with Gasteiger partial charge in [0.15, 0.2) is 0 Å². The number of rotatable bonds is 5. The number of nitrogens with zero attached hydrogens (tertiary/aromatic N) is 3. The van der Waals surface area contributed by atoms with Gasteiger partial charge < -0.3 is 15.4 Å². The third-order valence-corrected chi connectivity index (χ3v) is 3.65. The molecule has 106 valence electrons. The van der Waals surface area contributed by atoms with Crippen LogP contribution in [0.2, 0.25) is 0 Å². The molecule has 0 aromatic carbocycles. The van der Waals surface area contributed by atoms with Gasteiger partial charge in [0, 0.05) is 30.7 Å². The molecule has 0 bridgehead atoms. The van der Waals surface area contributed by atoms with Gasteiger partial charge in [-0.05, 0) is 18.9 Å². The van der Waals surface area contributed by atoms with Crippen molar-refractivity contribution in [2.75, 3.05) is 0 Å². The Kier molecular flexibility index (Phi) is 3.51. The second-order valence-electron chi connectivity index (χ2n) is 5.03. The molecule has 2 aromatic heterocycles. The highest BCUT2D eigenvalue weighted by molar-refractivity contribution is 5.76. The number of hydrogen-bond donors (Lipinski definition) is 3. The number of amides is 1. The predicted octanol–water partition coefficient (Wildman–Crippen LogP) is 0.0295. The summed E-state index contributed by atoms with van der Waals surface area (Å²) < 4.78 is 1.70. The van der Waals surface area contributed by atoms with Crippen LogP contribution in [-0.4, -0.2) is 42.9 Å². The van der Waals surface area contributed by atoms with Gasteiger partial charge in [-0.3, -0.25) is 9.48 Å². The van der Waals surface area contributed by atoms with Gasteiger partial charge in [0.2, 0.25) is 5.91 Å². The molecule has 3 N–H and O–H groups in total. The third kappa shape index (κ3) is 2.57. The highest BCUT2D eigenvalue weighted by Gasteiger charge is 2.42. The van der Waals surface area contributed by atoms with Crippen LogP contribution in [0.25, 0.3) is 0 Å². The maximum atomic E-state index is 11.9. The molecule has 2 aromatic rings. The average molecular weight is 275 g/mol. The van der Waals surface area contributed by atoms with E-state index in [9.17, 15) is 9.90 Å². The zero-order chi connectivity index (χ0) is 13.9. The van der Waals surface area contributed by atoms with E-state index in [0.717, 1.165) is 5.69 Å². The molecule has 1 aliphatic rings. The summed E-state index contributed by atoms with van der Waals surface area (Å²) in [5.74, 6) is -0.0198. The van der Waals surface area contributed by atoms with Crippen LogP contribution in [-0.2, 0) is 11.2 Å². The lowest BCUT2D eigenvalue weighted by Crippen LogP contribution is -2.56. The number of carbonyl (C=O) groups excluding carboxylic acids is 1. The Morgan fingerprint density at radius 3 is 3.15 bits per heavy atom. The lowest BCUT2D eigenvalue weighted by Gasteiger charge is -2.41. The van der Waals surface area contributed by atoms with Crippen LogP contribution < -0.4 is 5.32 Å². The molecular weight excluding hydrogens is 258 g/mol. The van der Waals surface area contributed by atoms with Crippen molar-refractivity contribution < 1.29 is 9.90 Å². The van der Waals surface area contributed by atoms with E-state index < -0.39 is 6.10 Å². The molecule has 7 heteroatoms. The Bertz CT molecular complexity index is 551. The van der Waals surface area contributed by atoms with E-state index in [1.807, 2.05) is 6.07 Å². The molecule has 1 fully saturated rings. The number of aromatic amines is 1. The Balaban J connectivity index is 1.51. The average Bonchev–Trinajstić information content (AvgIpc) is 3.08. The molecule has 20 heavy (non-hydrogen) atoms. The summed E-state index contributed by atoms with van der Waals surface area (Å²) in [5, 5.41) is 16.9. The first-order valence-electron chi connectivity index (χ1n) is 6.68. The Morgan fingerprint density at radius 2 is 2.50 bits per heavy atom. The highest BCUT2D eigenvalue weighted by Crippen LogP contribution is 2.32. The zero-order valence-corrected chi connectivity index (χ0v) is 10.9. The van der Waals surface area contributed by atoms with E-state index in [1.54, 1.807) is 29.6 Å². The van der Waals surface area contributed by atoms with Crippen molar-refractivity contribution in [3.05, 3.63) is 36.7 Å². The standard InChI is InChI=1S/C13H17N5O2/c19-11-6-10(13(11)18-5-1-4-16-18)17-12(20)3-2-9-7-14-8-15-9/h1,4-5,7-8,10-11,13,19H,2-3,6H2,(H,14,15)(H,17,20)/t10-,11+,13+/m0/s1. The van der Waals surface area contributed by atoms with Gasteiger partial charge in [-0.2, -0.15) is 5.10 Å². The number of aromatic nitrogens is 4. The van der Waals surface area contributed by atoms with E-state index in [0.29, 0.717) is 19.3 Å². The monoisotopic (exact) mass is 275 g/mol. The number of hydrogen-bond acceptors (Lipinski definition) is 4. The number of aliphatic hydroxyl groups is 1. The minimum atomic E-state index is -0.451. The molecule has 7 nitrogen and oxygen atoms in total. The fraction of sp³-hybridized carbons (Fsp3) is 0.462. The molecular formula is C13H17N5O2. The molecule has 0 aliphatic heterocycles. The fourth-order valence-electron chi connectivity index (χ4n) is 2.52. The van der Waals surface area contributed by atoms with Crippen LogP contribution in [0.4, 0.5) is 0 Å². The van der Waals surface area contributed by atoms with E-state index in [2.05, 4.69) is 20.4 Å². The van der Waals surface area contributed by atoms with Gasteiger partial charge >= 0.3 is 0 Å². The van der Waals surface area contributed by atoms with Crippen LogP contribution >= 0.6 is 0 Å². The number of H-pyrrole nitrogens is 1. The van der Waals surface area contributed by atoms with E-state index in [4.69, 9.17) is 0 Å². The third-order valence-electron chi connectivity index (χ3n) is 3.65.